The van der Waals surface area contributed by atoms with E-state index in [9.17, 15) is 13.2 Å². The molecule has 0 aliphatic heterocycles. The van der Waals surface area contributed by atoms with Crippen LogP contribution in [0.5, 0.6) is 0 Å². The minimum absolute atomic E-state index is 0.00526. The molecule has 0 aromatic heterocycles. The lowest BCUT2D eigenvalue weighted by atomic mass is 10.1. The fourth-order valence-electron chi connectivity index (χ4n) is 3.54. The van der Waals surface area contributed by atoms with Crippen LogP contribution >= 0.6 is 23.2 Å². The highest BCUT2D eigenvalue weighted by Gasteiger charge is 2.29. The number of halogens is 2. The number of nitrogens with one attached hydrogen (secondary N) is 1. The van der Waals surface area contributed by atoms with Crippen molar-refractivity contribution in [1.29, 1.82) is 0 Å². The quantitative estimate of drug-likeness (QED) is 0.458. The van der Waals surface area contributed by atoms with Crippen LogP contribution in [-0.2, 0) is 21.4 Å². The molecule has 1 N–H and O–H groups in total. The van der Waals surface area contributed by atoms with E-state index in [0.717, 1.165) is 26.6 Å². The van der Waals surface area contributed by atoms with Crippen LogP contribution in [0.25, 0.3) is 0 Å². The maximum Gasteiger partial charge on any atom is 0.245 e. The molecule has 1 amide bonds. The molecule has 3 aromatic carbocycles. The van der Waals surface area contributed by atoms with E-state index in [1.807, 2.05) is 51.1 Å². The smallest absolute Gasteiger partial charge is 0.245 e. The van der Waals surface area contributed by atoms with E-state index < -0.39 is 15.9 Å². The summed E-state index contributed by atoms with van der Waals surface area (Å²) in [5, 5.41) is 3.15. The number of aryl methyl sites for hydroxylation is 3. The van der Waals surface area contributed by atoms with Crippen LogP contribution in [0.3, 0.4) is 0 Å². The Morgan fingerprint density at radius 3 is 2.19 bits per heavy atom. The Balaban J connectivity index is 1.95. The van der Waals surface area contributed by atoms with E-state index in [1.54, 1.807) is 12.1 Å². The van der Waals surface area contributed by atoms with Crippen molar-refractivity contribution in [3.05, 3.63) is 93.0 Å². The van der Waals surface area contributed by atoms with Gasteiger partial charge < -0.3 is 5.32 Å². The van der Waals surface area contributed by atoms with Crippen LogP contribution in [-0.4, -0.2) is 25.2 Å². The van der Waals surface area contributed by atoms with Crippen molar-refractivity contribution in [3.63, 3.8) is 0 Å². The summed E-state index contributed by atoms with van der Waals surface area (Å²) in [5.41, 5.74) is 4.32. The van der Waals surface area contributed by atoms with Gasteiger partial charge >= 0.3 is 0 Å². The van der Waals surface area contributed by atoms with Crippen LogP contribution in [0.1, 0.15) is 22.3 Å². The Morgan fingerprint density at radius 2 is 1.56 bits per heavy atom. The molecule has 0 spiro atoms. The van der Waals surface area contributed by atoms with Gasteiger partial charge in [0.05, 0.1) is 11.6 Å². The van der Waals surface area contributed by atoms with Crippen molar-refractivity contribution in [2.75, 3.05) is 11.9 Å². The number of carbonyl (C=O) groups excluding carboxylic acids is 1. The molecule has 0 saturated heterocycles. The van der Waals surface area contributed by atoms with Crippen molar-refractivity contribution >= 4 is 44.8 Å². The van der Waals surface area contributed by atoms with Gasteiger partial charge in [-0.15, -0.1) is 0 Å². The normalized spacial score (nSPS) is 11.6. The molecule has 0 heterocycles. The number of hydrogen-bond donors (Lipinski definition) is 1. The zero-order valence-electron chi connectivity index (χ0n) is 18.0. The number of carbonyl (C=O) groups is 1. The van der Waals surface area contributed by atoms with E-state index in [1.165, 1.54) is 18.2 Å². The van der Waals surface area contributed by atoms with Gasteiger partial charge in [-0.1, -0.05) is 71.2 Å². The van der Waals surface area contributed by atoms with Crippen LogP contribution in [0.15, 0.2) is 65.6 Å². The molecule has 0 aliphatic carbocycles. The number of rotatable bonds is 7. The SMILES string of the molecule is Cc1cc(C)c(NC(=O)CN(Cc2ccccc2)S(=O)(=O)c2cc(Cl)ccc2Cl)c(C)c1. The predicted octanol–water partition coefficient (Wildman–Crippen LogP) is 5.75. The van der Waals surface area contributed by atoms with E-state index in [2.05, 4.69) is 5.32 Å². The minimum Gasteiger partial charge on any atom is -0.324 e. The Kier molecular flexibility index (Phi) is 7.62. The summed E-state index contributed by atoms with van der Waals surface area (Å²) >= 11 is 12.2. The molecule has 0 radical (unpaired) electrons. The molecule has 0 unspecified atom stereocenters. The zero-order chi connectivity index (χ0) is 23.5. The summed E-state index contributed by atoms with van der Waals surface area (Å²) in [5.74, 6) is -0.447. The first kappa shape index (κ1) is 24.3. The lowest BCUT2D eigenvalue weighted by Gasteiger charge is -2.23. The van der Waals surface area contributed by atoms with Gasteiger partial charge in [-0.3, -0.25) is 4.79 Å². The van der Waals surface area contributed by atoms with Crippen LogP contribution < -0.4 is 5.32 Å². The molecule has 0 saturated carbocycles. The number of hydrogen-bond acceptors (Lipinski definition) is 3. The van der Waals surface area contributed by atoms with Crippen molar-refractivity contribution < 1.29 is 13.2 Å². The lowest BCUT2D eigenvalue weighted by Crippen LogP contribution is -2.38. The molecule has 168 valence electrons. The van der Waals surface area contributed by atoms with Crippen molar-refractivity contribution in [2.24, 2.45) is 0 Å². The molecular weight excluding hydrogens is 467 g/mol. The van der Waals surface area contributed by atoms with Crippen LogP contribution in [0, 0.1) is 20.8 Å². The Morgan fingerprint density at radius 1 is 0.938 bits per heavy atom. The molecule has 3 aromatic rings. The fourth-order valence-corrected chi connectivity index (χ4v) is 5.66. The van der Waals surface area contributed by atoms with Gasteiger partial charge in [0.15, 0.2) is 0 Å². The molecule has 0 aliphatic rings. The topological polar surface area (TPSA) is 66.5 Å². The lowest BCUT2D eigenvalue weighted by molar-refractivity contribution is -0.116. The van der Waals surface area contributed by atoms with Gasteiger partial charge in [0.25, 0.3) is 0 Å². The Bertz CT molecular complexity index is 1220. The standard InChI is InChI=1S/C24H24Cl2N2O3S/c1-16-11-17(2)24(18(3)12-16)27-23(29)15-28(14-19-7-5-4-6-8-19)32(30,31)22-13-20(25)9-10-21(22)26/h4-13H,14-15H2,1-3H3,(H,27,29). The van der Waals surface area contributed by atoms with Crippen molar-refractivity contribution in [1.82, 2.24) is 4.31 Å². The first-order chi connectivity index (χ1) is 15.1. The molecule has 8 heteroatoms. The third kappa shape index (κ3) is 5.70. The third-order valence-corrected chi connectivity index (χ3v) is 7.48. The highest BCUT2D eigenvalue weighted by molar-refractivity contribution is 7.89. The Labute approximate surface area is 199 Å². The van der Waals surface area contributed by atoms with E-state index in [0.29, 0.717) is 5.69 Å². The van der Waals surface area contributed by atoms with Gasteiger partial charge in [0.2, 0.25) is 15.9 Å². The molecular formula is C24H24Cl2N2O3S. The Hall–Kier alpha value is -2.38. The second-order valence-corrected chi connectivity index (χ2v) is 10.4. The molecule has 32 heavy (non-hydrogen) atoms. The highest BCUT2D eigenvalue weighted by Crippen LogP contribution is 2.29. The highest BCUT2D eigenvalue weighted by atomic mass is 35.5. The number of sulfonamides is 1. The van der Waals surface area contributed by atoms with Crippen molar-refractivity contribution in [2.45, 2.75) is 32.2 Å². The van der Waals surface area contributed by atoms with Crippen LogP contribution in [0.2, 0.25) is 10.0 Å². The summed E-state index contributed by atoms with van der Waals surface area (Å²) in [7, 11) is -4.11. The average Bonchev–Trinajstić information content (AvgIpc) is 2.72. The molecule has 0 fully saturated rings. The predicted molar refractivity (Wildman–Crippen MR) is 130 cm³/mol. The molecule has 0 atom stereocenters. The second-order valence-electron chi connectivity index (χ2n) is 7.66. The fraction of sp³-hybridized carbons (Fsp3) is 0.208. The van der Waals surface area contributed by atoms with E-state index >= 15 is 0 Å². The number of amides is 1. The summed E-state index contributed by atoms with van der Waals surface area (Å²) < 4.78 is 28.1. The van der Waals surface area contributed by atoms with Gasteiger partial charge in [-0.2, -0.15) is 4.31 Å². The largest absolute Gasteiger partial charge is 0.324 e. The van der Waals surface area contributed by atoms with E-state index in [4.69, 9.17) is 23.2 Å². The van der Waals surface area contributed by atoms with Gasteiger partial charge in [0, 0.05) is 17.3 Å². The van der Waals surface area contributed by atoms with Gasteiger partial charge in [-0.25, -0.2) is 8.42 Å². The van der Waals surface area contributed by atoms with Crippen LogP contribution in [0.4, 0.5) is 5.69 Å². The first-order valence-corrected chi connectivity index (χ1v) is 12.1. The van der Waals surface area contributed by atoms with Gasteiger partial charge in [-0.05, 0) is 55.7 Å². The third-order valence-electron chi connectivity index (χ3n) is 4.97. The number of nitrogens with zero attached hydrogens (tertiary/aromatic N) is 1. The second kappa shape index (κ2) is 10.0. The maximum absolute atomic E-state index is 13.5. The number of anilines is 1. The summed E-state index contributed by atoms with van der Waals surface area (Å²) in [6.45, 7) is 5.41. The minimum atomic E-state index is -4.11. The average molecular weight is 491 g/mol. The van der Waals surface area contributed by atoms with Crippen molar-refractivity contribution in [3.8, 4) is 0 Å². The monoisotopic (exact) mass is 490 g/mol. The summed E-state index contributed by atoms with van der Waals surface area (Å²) in [4.78, 5) is 12.8. The maximum atomic E-state index is 13.5. The summed E-state index contributed by atoms with van der Waals surface area (Å²) in [6, 6.07) is 17.2. The molecule has 3 rings (SSSR count). The molecule has 5 nitrogen and oxygen atoms in total. The zero-order valence-corrected chi connectivity index (χ0v) is 20.4. The first-order valence-electron chi connectivity index (χ1n) is 9.95. The number of benzene rings is 3. The summed E-state index contributed by atoms with van der Waals surface area (Å²) in [6.07, 6.45) is 0. The molecule has 0 bridgehead atoms. The van der Waals surface area contributed by atoms with E-state index in [-0.39, 0.29) is 28.0 Å². The van der Waals surface area contributed by atoms with Gasteiger partial charge in [0.1, 0.15) is 4.90 Å².